The molecule has 232 valence electrons. The summed E-state index contributed by atoms with van der Waals surface area (Å²) in [6.45, 7) is 11.4. The van der Waals surface area contributed by atoms with Gasteiger partial charge in [-0.2, -0.15) is 0 Å². The van der Waals surface area contributed by atoms with Gasteiger partial charge in [0.15, 0.2) is 5.69 Å². The van der Waals surface area contributed by atoms with E-state index >= 15 is 0 Å². The van der Waals surface area contributed by atoms with Crippen LogP contribution in [0.5, 0.6) is 5.75 Å². The molecule has 2 amide bonds. The molecule has 0 saturated carbocycles. The summed E-state index contributed by atoms with van der Waals surface area (Å²) in [6.07, 6.45) is 3.26. The molecule has 3 aromatic rings. The number of rotatable bonds is 11. The third kappa shape index (κ3) is 10.6. The minimum Gasteiger partial charge on any atom is -0.508 e. The van der Waals surface area contributed by atoms with Gasteiger partial charge in [-0.15, -0.1) is 0 Å². The topological polar surface area (TPSA) is 143 Å². The van der Waals surface area contributed by atoms with E-state index in [1.807, 2.05) is 40.7 Å². The molecule has 4 N–H and O–H groups in total. The molecule has 1 unspecified atom stereocenters. The third-order valence-corrected chi connectivity index (χ3v) is 6.18. The molecule has 3 rings (SSSR count). The number of phenolic OH excluding ortho intramolecular Hbond substituents is 1. The molecule has 0 radical (unpaired) electrons. The molecule has 0 bridgehead atoms. The highest BCUT2D eigenvalue weighted by Gasteiger charge is 2.33. The number of halogens is 1. The lowest BCUT2D eigenvalue weighted by molar-refractivity contribution is -0.130. The number of oxazole rings is 1. The number of carbonyl (C=O) groups excluding carboxylic acids is 3. The number of hydrogen-bond donors (Lipinski definition) is 4. The lowest BCUT2D eigenvalue weighted by atomic mass is 9.86. The van der Waals surface area contributed by atoms with Crippen molar-refractivity contribution in [2.24, 2.45) is 5.41 Å². The first-order valence-corrected chi connectivity index (χ1v) is 14.0. The molecule has 0 aliphatic heterocycles. The minimum absolute atomic E-state index is 0.0404. The highest BCUT2D eigenvalue weighted by atomic mass is 19.1. The van der Waals surface area contributed by atoms with Gasteiger partial charge in [-0.1, -0.05) is 46.8 Å². The number of anilines is 1. The fourth-order valence-electron chi connectivity index (χ4n) is 3.87. The van der Waals surface area contributed by atoms with Crippen molar-refractivity contribution in [1.29, 1.82) is 0 Å². The minimum atomic E-state index is -0.931. The Kier molecular flexibility index (Phi) is 12.9. The molecule has 0 aliphatic carbocycles. The van der Waals surface area contributed by atoms with Gasteiger partial charge in [0.25, 0.3) is 0 Å². The number of methoxy groups -OCH3 is 1. The molecule has 1 aromatic heterocycles. The highest BCUT2D eigenvalue weighted by Crippen LogP contribution is 2.22. The second kappa shape index (κ2) is 16.1. The number of benzene rings is 2. The van der Waals surface area contributed by atoms with Crippen LogP contribution < -0.4 is 16.0 Å². The van der Waals surface area contributed by atoms with Crippen molar-refractivity contribution < 1.29 is 33.0 Å². The number of hydrogen-bond acceptors (Lipinski definition) is 8. The normalized spacial score (nSPS) is 12.0. The van der Waals surface area contributed by atoms with Crippen LogP contribution >= 0.6 is 0 Å². The van der Waals surface area contributed by atoms with Crippen molar-refractivity contribution in [3.8, 4) is 5.75 Å². The van der Waals surface area contributed by atoms with Gasteiger partial charge in [0.2, 0.25) is 17.7 Å². The standard InChI is InChI=1S/C30H35FN4O6.C2H6/c1-18-16-19(6-12-24(18)36)7-13-25(37)35-26(30(2,3)4)27(38)33-22(28-34-23(17-41-28)29(39)40-5)14-15-32-21-10-8-20(31)9-11-21;1-2/h6,8-12,14,16-17,26,32,36H,7,13,15H2,1-5H3,(H,33,38)(H,35,37);1-2H3/b22-14+;. The summed E-state index contributed by atoms with van der Waals surface area (Å²) in [7, 11) is 1.21. The van der Waals surface area contributed by atoms with Gasteiger partial charge >= 0.3 is 5.97 Å². The van der Waals surface area contributed by atoms with Crippen LogP contribution in [0.2, 0.25) is 0 Å². The zero-order valence-electron chi connectivity index (χ0n) is 25.7. The van der Waals surface area contributed by atoms with Gasteiger partial charge in [-0.3, -0.25) is 9.59 Å². The summed E-state index contributed by atoms with van der Waals surface area (Å²) in [5, 5.41) is 18.4. The van der Waals surface area contributed by atoms with Gasteiger partial charge < -0.3 is 30.2 Å². The quantitative estimate of drug-likeness (QED) is 0.216. The van der Waals surface area contributed by atoms with Gasteiger partial charge in [0, 0.05) is 18.7 Å². The van der Waals surface area contributed by atoms with Gasteiger partial charge in [0.1, 0.15) is 29.6 Å². The van der Waals surface area contributed by atoms with Gasteiger partial charge in [0.05, 0.1) is 7.11 Å². The van der Waals surface area contributed by atoms with Crippen molar-refractivity contribution in [1.82, 2.24) is 15.6 Å². The number of ether oxygens (including phenoxy) is 1. The summed E-state index contributed by atoms with van der Waals surface area (Å²) in [5.74, 6) is -1.78. The van der Waals surface area contributed by atoms with E-state index in [1.54, 1.807) is 37.3 Å². The Morgan fingerprint density at radius 3 is 2.40 bits per heavy atom. The summed E-state index contributed by atoms with van der Waals surface area (Å²) >= 11 is 0. The lowest BCUT2D eigenvalue weighted by Gasteiger charge is -2.30. The molecule has 43 heavy (non-hydrogen) atoms. The molecule has 2 aromatic carbocycles. The average Bonchev–Trinajstić information content (AvgIpc) is 3.47. The number of esters is 1. The van der Waals surface area contributed by atoms with Crippen LogP contribution in [0.15, 0.2) is 59.2 Å². The maximum atomic E-state index is 13.5. The average molecular weight is 597 g/mol. The first kappa shape index (κ1) is 34.5. The van der Waals surface area contributed by atoms with E-state index < -0.39 is 23.3 Å². The van der Waals surface area contributed by atoms with Crippen LogP contribution in [0, 0.1) is 18.2 Å². The number of phenols is 1. The van der Waals surface area contributed by atoms with E-state index in [2.05, 4.69) is 25.7 Å². The Balaban J connectivity index is 0.00000316. The second-order valence-electron chi connectivity index (χ2n) is 10.5. The van der Waals surface area contributed by atoms with Crippen molar-refractivity contribution in [3.63, 3.8) is 0 Å². The predicted octanol–water partition coefficient (Wildman–Crippen LogP) is 5.37. The zero-order chi connectivity index (χ0) is 32.2. The number of aryl methyl sites for hydroxylation is 2. The number of aromatic nitrogens is 1. The van der Waals surface area contributed by atoms with E-state index in [1.165, 1.54) is 19.2 Å². The van der Waals surface area contributed by atoms with E-state index in [9.17, 15) is 23.9 Å². The number of amides is 2. The molecule has 1 heterocycles. The van der Waals surface area contributed by atoms with Crippen molar-refractivity contribution >= 4 is 29.2 Å². The first-order valence-electron chi connectivity index (χ1n) is 14.0. The van der Waals surface area contributed by atoms with Gasteiger partial charge in [-0.25, -0.2) is 14.2 Å². The fourth-order valence-corrected chi connectivity index (χ4v) is 3.87. The molecular weight excluding hydrogens is 555 g/mol. The zero-order valence-corrected chi connectivity index (χ0v) is 25.7. The molecule has 0 aliphatic rings. The third-order valence-electron chi connectivity index (χ3n) is 6.18. The summed E-state index contributed by atoms with van der Waals surface area (Å²) in [4.78, 5) is 42.4. The number of aromatic hydroxyl groups is 1. The number of carbonyl (C=O) groups is 3. The molecule has 0 fully saturated rings. The van der Waals surface area contributed by atoms with Crippen molar-refractivity contribution in [3.05, 3.63) is 83.3 Å². The molecular formula is C32H41FN4O6. The molecule has 0 saturated heterocycles. The molecule has 1 atom stereocenters. The van der Waals surface area contributed by atoms with Crippen LogP contribution in [0.3, 0.4) is 0 Å². The summed E-state index contributed by atoms with van der Waals surface area (Å²) in [5.41, 5.74) is 1.64. The fraction of sp³-hybridized carbons (Fsp3) is 0.375. The SMILES string of the molecule is CC.COC(=O)c1coc(/C(=C\CNc2ccc(F)cc2)NC(=O)C(NC(=O)CCc2ccc(O)c(C)c2)C(C)(C)C)n1. The molecule has 0 spiro atoms. The predicted molar refractivity (Wildman–Crippen MR) is 163 cm³/mol. The molecule has 11 heteroatoms. The first-order chi connectivity index (χ1) is 20.4. The van der Waals surface area contributed by atoms with Crippen molar-refractivity contribution in [2.75, 3.05) is 19.0 Å². The maximum Gasteiger partial charge on any atom is 0.360 e. The number of nitrogens with one attached hydrogen (secondary N) is 3. The van der Waals surface area contributed by atoms with Crippen molar-refractivity contribution in [2.45, 2.75) is 60.4 Å². The Labute approximate surface area is 251 Å². The number of nitrogens with zero attached hydrogens (tertiary/aromatic N) is 1. The molecule has 10 nitrogen and oxygen atoms in total. The Hall–Kier alpha value is -4.67. The maximum absolute atomic E-state index is 13.5. The van der Waals surface area contributed by atoms with E-state index in [4.69, 9.17) is 4.42 Å². The van der Waals surface area contributed by atoms with Gasteiger partial charge in [-0.05, 0) is 66.3 Å². The summed E-state index contributed by atoms with van der Waals surface area (Å²) < 4.78 is 23.4. The smallest absolute Gasteiger partial charge is 0.360 e. The monoisotopic (exact) mass is 596 g/mol. The largest absolute Gasteiger partial charge is 0.508 e. The van der Waals surface area contributed by atoms with E-state index in [-0.39, 0.29) is 47.7 Å². The van der Waals surface area contributed by atoms with Crippen LogP contribution in [-0.4, -0.2) is 47.6 Å². The summed E-state index contributed by atoms with van der Waals surface area (Å²) in [6, 6.07) is 9.96. The van der Waals surface area contributed by atoms with Crippen LogP contribution in [0.25, 0.3) is 5.70 Å². The van der Waals surface area contributed by atoms with Crippen LogP contribution in [-0.2, 0) is 20.7 Å². The Morgan fingerprint density at radius 2 is 1.79 bits per heavy atom. The van der Waals surface area contributed by atoms with E-state index in [0.717, 1.165) is 11.8 Å². The highest BCUT2D eigenvalue weighted by molar-refractivity contribution is 5.93. The lowest BCUT2D eigenvalue weighted by Crippen LogP contribution is -2.53. The van der Waals surface area contributed by atoms with E-state index in [0.29, 0.717) is 17.7 Å². The van der Waals surface area contributed by atoms with Crippen LogP contribution in [0.4, 0.5) is 10.1 Å². The Bertz CT molecular complexity index is 1410. The Morgan fingerprint density at radius 1 is 1.12 bits per heavy atom. The van der Waals surface area contributed by atoms with Crippen LogP contribution in [0.1, 0.15) is 68.5 Å². The second-order valence-corrected chi connectivity index (χ2v) is 10.5.